The quantitative estimate of drug-likeness (QED) is 0.422. The van der Waals surface area contributed by atoms with E-state index in [1.807, 2.05) is 89.5 Å². The van der Waals surface area contributed by atoms with Crippen LogP contribution in [0.4, 0.5) is 5.69 Å². The smallest absolute Gasteiger partial charge is 0.258 e. The summed E-state index contributed by atoms with van der Waals surface area (Å²) in [5.74, 6) is -1.21. The number of hydrogen-bond acceptors (Lipinski definition) is 3. The molecule has 4 aromatic rings. The first-order valence-electron chi connectivity index (χ1n) is 11.9. The third kappa shape index (κ3) is 3.60. The number of para-hydroxylation sites is 1. The summed E-state index contributed by atoms with van der Waals surface area (Å²) in [5, 5.41) is 0. The molecule has 1 aromatic heterocycles. The van der Waals surface area contributed by atoms with E-state index in [4.69, 9.17) is 0 Å². The van der Waals surface area contributed by atoms with Gasteiger partial charge in [0, 0.05) is 17.7 Å². The van der Waals surface area contributed by atoms with Gasteiger partial charge in [-0.05, 0) is 41.3 Å². The van der Waals surface area contributed by atoms with Gasteiger partial charge in [-0.1, -0.05) is 78.9 Å². The number of anilines is 1. The van der Waals surface area contributed by atoms with Gasteiger partial charge in [-0.15, -0.1) is 0 Å². The van der Waals surface area contributed by atoms with Crippen LogP contribution in [0.2, 0.25) is 0 Å². The monoisotopic (exact) mass is 460 g/mol. The van der Waals surface area contributed by atoms with Crippen LogP contribution in [0.5, 0.6) is 0 Å². The highest BCUT2D eigenvalue weighted by Gasteiger charge is 2.50. The van der Waals surface area contributed by atoms with Crippen molar-refractivity contribution in [3.05, 3.63) is 124 Å². The number of rotatable bonds is 4. The molecule has 0 bridgehead atoms. The Hall–Kier alpha value is -4.25. The number of fused-ring (bicyclic) bond motifs is 2. The van der Waals surface area contributed by atoms with Crippen LogP contribution in [0.3, 0.4) is 0 Å². The SMILES string of the molecule is O=C1[C@H]2Cc3c(cc(-c4ccccc4)c(=O)n3Cc3ccccc3)C[C@H]2C(=O)N1c1ccccc1. The number of carbonyl (C=O) groups excluding carboxylic acids is 2. The average Bonchev–Trinajstić information content (AvgIpc) is 3.15. The van der Waals surface area contributed by atoms with Gasteiger partial charge in [-0.3, -0.25) is 19.3 Å². The second-order valence-corrected chi connectivity index (χ2v) is 9.24. The van der Waals surface area contributed by atoms with Crippen LogP contribution < -0.4 is 10.5 Å². The number of carbonyl (C=O) groups is 2. The number of aromatic nitrogens is 1. The maximum Gasteiger partial charge on any atom is 0.258 e. The lowest BCUT2D eigenvalue weighted by Crippen LogP contribution is -2.35. The number of pyridine rings is 1. The standard InChI is InChI=1S/C30H24N2O3/c33-28-24(21-12-6-2-7-13-21)16-22-17-25-26(18-27(22)31(28)19-20-10-4-1-5-11-20)30(35)32(29(25)34)23-14-8-3-9-15-23/h1-16,25-26H,17-19H2/t25-,26+/m1/s1. The number of hydrogen-bond donors (Lipinski definition) is 0. The molecule has 0 spiro atoms. The summed E-state index contributed by atoms with van der Waals surface area (Å²) in [6.45, 7) is 0.421. The molecule has 0 saturated carbocycles. The van der Waals surface area contributed by atoms with Crippen LogP contribution in [0, 0.1) is 11.8 Å². The highest BCUT2D eigenvalue weighted by Crippen LogP contribution is 2.40. The molecule has 2 aliphatic rings. The normalized spacial score (nSPS) is 18.9. The zero-order chi connectivity index (χ0) is 23.9. The molecular weight excluding hydrogens is 436 g/mol. The van der Waals surface area contributed by atoms with E-state index in [9.17, 15) is 14.4 Å². The summed E-state index contributed by atoms with van der Waals surface area (Å²) < 4.78 is 1.81. The Bertz CT molecular complexity index is 1480. The molecule has 2 heterocycles. The predicted octanol–water partition coefficient (Wildman–Crippen LogP) is 4.47. The molecule has 3 aromatic carbocycles. The molecule has 2 atom stereocenters. The third-order valence-corrected chi connectivity index (χ3v) is 7.19. The molecule has 0 N–H and O–H groups in total. The van der Waals surface area contributed by atoms with Gasteiger partial charge in [0.2, 0.25) is 11.8 Å². The van der Waals surface area contributed by atoms with Crippen LogP contribution in [0.15, 0.2) is 102 Å². The molecule has 0 radical (unpaired) electrons. The topological polar surface area (TPSA) is 59.4 Å². The second kappa shape index (κ2) is 8.51. The van der Waals surface area contributed by atoms with Crippen molar-refractivity contribution >= 4 is 17.5 Å². The molecule has 1 fully saturated rings. The highest BCUT2D eigenvalue weighted by molar-refractivity contribution is 6.22. The van der Waals surface area contributed by atoms with Crippen molar-refractivity contribution in [3.63, 3.8) is 0 Å². The molecule has 1 saturated heterocycles. The average molecular weight is 461 g/mol. The van der Waals surface area contributed by atoms with E-state index >= 15 is 0 Å². The van der Waals surface area contributed by atoms with Crippen molar-refractivity contribution in [1.82, 2.24) is 4.57 Å². The Morgan fingerprint density at radius 2 is 1.26 bits per heavy atom. The van der Waals surface area contributed by atoms with Gasteiger partial charge in [0.15, 0.2) is 0 Å². The first kappa shape index (κ1) is 21.3. The summed E-state index contributed by atoms with van der Waals surface area (Å²) in [6.07, 6.45) is 0.827. The highest BCUT2D eigenvalue weighted by atomic mass is 16.2. The minimum Gasteiger partial charge on any atom is -0.307 e. The summed E-state index contributed by atoms with van der Waals surface area (Å²) in [4.78, 5) is 41.9. The van der Waals surface area contributed by atoms with Crippen molar-refractivity contribution in [1.29, 1.82) is 0 Å². The number of imide groups is 1. The summed E-state index contributed by atoms with van der Waals surface area (Å²) in [6, 6.07) is 30.5. The largest absolute Gasteiger partial charge is 0.307 e. The van der Waals surface area contributed by atoms with E-state index < -0.39 is 11.8 Å². The fourth-order valence-corrected chi connectivity index (χ4v) is 5.46. The maximum atomic E-state index is 13.8. The Labute approximate surface area is 203 Å². The van der Waals surface area contributed by atoms with Crippen LogP contribution in [-0.4, -0.2) is 16.4 Å². The Morgan fingerprint density at radius 3 is 1.91 bits per heavy atom. The number of benzene rings is 3. The molecule has 1 aliphatic carbocycles. The Balaban J connectivity index is 1.47. The minimum absolute atomic E-state index is 0.0751. The van der Waals surface area contributed by atoms with Crippen molar-refractivity contribution in [2.45, 2.75) is 19.4 Å². The van der Waals surface area contributed by atoms with Gasteiger partial charge in [0.05, 0.1) is 24.1 Å². The van der Waals surface area contributed by atoms with E-state index in [-0.39, 0.29) is 17.4 Å². The molecule has 1 aliphatic heterocycles. The molecule has 2 amide bonds. The summed E-state index contributed by atoms with van der Waals surface area (Å²) in [5.41, 5.74) is 4.84. The van der Waals surface area contributed by atoms with Crippen LogP contribution in [0.25, 0.3) is 11.1 Å². The molecule has 0 unspecified atom stereocenters. The molecule has 6 rings (SSSR count). The lowest BCUT2D eigenvalue weighted by Gasteiger charge is -2.28. The van der Waals surface area contributed by atoms with Gasteiger partial charge in [-0.2, -0.15) is 0 Å². The molecule has 5 nitrogen and oxygen atoms in total. The lowest BCUT2D eigenvalue weighted by molar-refractivity contribution is -0.122. The van der Waals surface area contributed by atoms with E-state index in [1.165, 1.54) is 4.90 Å². The van der Waals surface area contributed by atoms with Gasteiger partial charge in [0.25, 0.3) is 5.56 Å². The van der Waals surface area contributed by atoms with Crippen molar-refractivity contribution in [2.75, 3.05) is 4.90 Å². The van der Waals surface area contributed by atoms with E-state index in [0.717, 1.165) is 22.4 Å². The number of nitrogens with zero attached hydrogens (tertiary/aromatic N) is 2. The van der Waals surface area contributed by atoms with Gasteiger partial charge < -0.3 is 4.57 Å². The van der Waals surface area contributed by atoms with E-state index in [0.29, 0.717) is 30.6 Å². The first-order valence-corrected chi connectivity index (χ1v) is 11.9. The summed E-state index contributed by atoms with van der Waals surface area (Å²) in [7, 11) is 0. The molecular formula is C30H24N2O3. The van der Waals surface area contributed by atoms with Gasteiger partial charge in [-0.25, -0.2) is 0 Å². The van der Waals surface area contributed by atoms with Crippen LogP contribution in [-0.2, 0) is 29.0 Å². The molecule has 172 valence electrons. The second-order valence-electron chi connectivity index (χ2n) is 9.24. The Kier molecular flexibility index (Phi) is 5.18. The zero-order valence-electron chi connectivity index (χ0n) is 19.1. The molecule has 35 heavy (non-hydrogen) atoms. The minimum atomic E-state index is -0.459. The predicted molar refractivity (Wildman–Crippen MR) is 135 cm³/mol. The Morgan fingerprint density at radius 1 is 0.686 bits per heavy atom. The van der Waals surface area contributed by atoms with Gasteiger partial charge in [0.1, 0.15) is 0 Å². The van der Waals surface area contributed by atoms with Crippen LogP contribution in [0.1, 0.15) is 16.8 Å². The third-order valence-electron chi connectivity index (χ3n) is 7.19. The summed E-state index contributed by atoms with van der Waals surface area (Å²) >= 11 is 0. The van der Waals surface area contributed by atoms with Crippen molar-refractivity contribution < 1.29 is 9.59 Å². The molecule has 5 heteroatoms. The fourth-order valence-electron chi connectivity index (χ4n) is 5.46. The first-order chi connectivity index (χ1) is 17.1. The van der Waals surface area contributed by atoms with E-state index in [1.54, 1.807) is 12.1 Å². The number of amides is 2. The van der Waals surface area contributed by atoms with Crippen LogP contribution >= 0.6 is 0 Å². The van der Waals surface area contributed by atoms with Crippen molar-refractivity contribution in [2.24, 2.45) is 11.8 Å². The van der Waals surface area contributed by atoms with E-state index in [2.05, 4.69) is 0 Å². The van der Waals surface area contributed by atoms with Crippen molar-refractivity contribution in [3.8, 4) is 11.1 Å². The maximum absolute atomic E-state index is 13.8. The fraction of sp³-hybridized carbons (Fsp3) is 0.167. The van der Waals surface area contributed by atoms with Gasteiger partial charge >= 0.3 is 0 Å². The zero-order valence-corrected chi connectivity index (χ0v) is 19.1. The lowest BCUT2D eigenvalue weighted by atomic mass is 9.78.